The van der Waals surface area contributed by atoms with Gasteiger partial charge in [-0.3, -0.25) is 14.0 Å². The molecule has 1 saturated heterocycles. The second-order valence-corrected chi connectivity index (χ2v) is 8.76. The molecule has 0 unspecified atom stereocenters. The highest BCUT2D eigenvalue weighted by molar-refractivity contribution is 7.12. The molecule has 0 amide bonds. The van der Waals surface area contributed by atoms with E-state index in [-0.39, 0.29) is 16.8 Å². The first kappa shape index (κ1) is 18.7. The van der Waals surface area contributed by atoms with E-state index in [4.69, 9.17) is 4.74 Å². The van der Waals surface area contributed by atoms with Gasteiger partial charge in [0.05, 0.1) is 18.7 Å². The minimum Gasteiger partial charge on any atom is -0.378 e. The van der Waals surface area contributed by atoms with Crippen molar-refractivity contribution in [2.24, 2.45) is 0 Å². The number of halogens is 1. The lowest BCUT2D eigenvalue weighted by atomic mass is 10.0. The first-order valence-electron chi connectivity index (χ1n) is 10.3. The number of morpholine rings is 1. The van der Waals surface area contributed by atoms with Crippen molar-refractivity contribution in [3.05, 3.63) is 56.9 Å². The Bertz CT molecular complexity index is 1450. The first-order valence-corrected chi connectivity index (χ1v) is 11.1. The largest absolute Gasteiger partial charge is 0.378 e. The second-order valence-electron chi connectivity index (χ2n) is 7.97. The van der Waals surface area contributed by atoms with Crippen molar-refractivity contribution >= 4 is 38.5 Å². The summed E-state index contributed by atoms with van der Waals surface area (Å²) in [4.78, 5) is 32.6. The third-order valence-corrected chi connectivity index (χ3v) is 6.90. The van der Waals surface area contributed by atoms with E-state index in [2.05, 4.69) is 14.3 Å². The normalized spacial score (nSPS) is 17.0. The van der Waals surface area contributed by atoms with Crippen LogP contribution in [-0.4, -0.2) is 40.2 Å². The zero-order valence-electron chi connectivity index (χ0n) is 16.6. The molecule has 1 aromatic carbocycles. The average molecular weight is 438 g/mol. The van der Waals surface area contributed by atoms with Gasteiger partial charge < -0.3 is 14.2 Å². The molecule has 7 nitrogen and oxygen atoms in total. The Balaban J connectivity index is 1.64. The molecule has 0 atom stereocenters. The van der Waals surface area contributed by atoms with Crippen LogP contribution in [0.1, 0.15) is 18.9 Å². The number of anilines is 1. The molecule has 2 aliphatic rings. The summed E-state index contributed by atoms with van der Waals surface area (Å²) >= 11 is 1.17. The molecule has 3 aromatic heterocycles. The number of aromatic amines is 1. The van der Waals surface area contributed by atoms with Crippen molar-refractivity contribution in [3.8, 4) is 11.1 Å². The predicted octanol–water partition coefficient (Wildman–Crippen LogP) is 3.28. The molecule has 2 fully saturated rings. The summed E-state index contributed by atoms with van der Waals surface area (Å²) in [5.41, 5.74) is 0.907. The van der Waals surface area contributed by atoms with Gasteiger partial charge in [-0.1, -0.05) is 0 Å². The van der Waals surface area contributed by atoms with Crippen LogP contribution in [0.2, 0.25) is 0 Å². The fraction of sp³-hybridized carbons (Fsp3) is 0.318. The number of H-pyrrole nitrogens is 1. The Hall–Kier alpha value is -3.04. The molecule has 9 heteroatoms. The van der Waals surface area contributed by atoms with Crippen LogP contribution >= 0.6 is 11.5 Å². The van der Waals surface area contributed by atoms with Crippen molar-refractivity contribution in [1.29, 1.82) is 0 Å². The van der Waals surface area contributed by atoms with Crippen LogP contribution in [0.3, 0.4) is 0 Å². The summed E-state index contributed by atoms with van der Waals surface area (Å²) in [6.45, 7) is 2.57. The highest BCUT2D eigenvalue weighted by Crippen LogP contribution is 2.41. The van der Waals surface area contributed by atoms with Gasteiger partial charge >= 0.3 is 0 Å². The highest BCUT2D eigenvalue weighted by atomic mass is 32.1. The van der Waals surface area contributed by atoms with E-state index in [0.717, 1.165) is 12.8 Å². The molecular formula is C22H19FN4O3S. The molecule has 4 aromatic rings. The van der Waals surface area contributed by atoms with Crippen LogP contribution in [0.5, 0.6) is 0 Å². The maximum atomic E-state index is 15.4. The van der Waals surface area contributed by atoms with Gasteiger partial charge in [0, 0.05) is 41.8 Å². The van der Waals surface area contributed by atoms with Gasteiger partial charge in [-0.05, 0) is 48.6 Å². The smallest absolute Gasteiger partial charge is 0.271 e. The Labute approximate surface area is 179 Å². The summed E-state index contributed by atoms with van der Waals surface area (Å²) < 4.78 is 25.6. The van der Waals surface area contributed by atoms with Crippen molar-refractivity contribution in [2.75, 3.05) is 31.2 Å². The van der Waals surface area contributed by atoms with Crippen LogP contribution in [0.25, 0.3) is 32.2 Å². The zero-order valence-corrected chi connectivity index (χ0v) is 17.4. The molecule has 0 spiro atoms. The van der Waals surface area contributed by atoms with E-state index >= 15 is 4.39 Å². The second kappa shape index (κ2) is 7.00. The van der Waals surface area contributed by atoms with E-state index in [1.165, 1.54) is 17.6 Å². The van der Waals surface area contributed by atoms with Gasteiger partial charge in [-0.25, -0.2) is 9.37 Å². The van der Waals surface area contributed by atoms with Crippen molar-refractivity contribution < 1.29 is 9.13 Å². The number of pyridine rings is 2. The van der Waals surface area contributed by atoms with Crippen LogP contribution < -0.4 is 15.9 Å². The maximum Gasteiger partial charge on any atom is 0.271 e. The van der Waals surface area contributed by atoms with E-state index in [1.54, 1.807) is 18.3 Å². The Morgan fingerprint density at radius 2 is 1.97 bits per heavy atom. The average Bonchev–Trinajstić information content (AvgIpc) is 3.56. The summed E-state index contributed by atoms with van der Waals surface area (Å²) in [6.07, 6.45) is 3.64. The van der Waals surface area contributed by atoms with Crippen LogP contribution in [0, 0.1) is 5.82 Å². The molecular weight excluding hydrogens is 419 g/mol. The maximum absolute atomic E-state index is 15.4. The molecule has 0 bridgehead atoms. The Morgan fingerprint density at radius 3 is 2.74 bits per heavy atom. The molecule has 0 radical (unpaired) electrons. The van der Waals surface area contributed by atoms with Crippen LogP contribution in [0.15, 0.2) is 40.1 Å². The van der Waals surface area contributed by atoms with E-state index in [9.17, 15) is 9.59 Å². The number of aromatic nitrogens is 3. The van der Waals surface area contributed by atoms with Gasteiger partial charge in [0.15, 0.2) is 0 Å². The van der Waals surface area contributed by atoms with Crippen LogP contribution in [0.4, 0.5) is 10.2 Å². The quantitative estimate of drug-likeness (QED) is 0.531. The molecule has 1 saturated carbocycles. The van der Waals surface area contributed by atoms with Gasteiger partial charge in [0.25, 0.3) is 5.56 Å². The number of hydrogen-bond acceptors (Lipinski definition) is 6. The molecule has 31 heavy (non-hydrogen) atoms. The molecule has 158 valence electrons. The van der Waals surface area contributed by atoms with E-state index in [1.807, 2.05) is 10.6 Å². The molecule has 1 aliphatic heterocycles. The molecule has 1 N–H and O–H groups in total. The third-order valence-electron chi connectivity index (χ3n) is 6.02. The minimum atomic E-state index is -0.500. The fourth-order valence-electron chi connectivity index (χ4n) is 4.39. The third kappa shape index (κ3) is 2.91. The standard InChI is InChI=1S/C22H19FN4O3S/c23-16-10-15-17(27(12-3-4-12)22-18(19(15)28)21(29)25-31-22)11-14(16)13-2-1-5-24-20(13)26-6-8-30-9-7-26/h1-2,5,10-12H,3-4,6-9H2,(H,25,29). The summed E-state index contributed by atoms with van der Waals surface area (Å²) in [5, 5.41) is 0.355. The topological polar surface area (TPSA) is 80.2 Å². The fourth-order valence-corrected chi connectivity index (χ4v) is 5.31. The monoisotopic (exact) mass is 438 g/mol. The van der Waals surface area contributed by atoms with Crippen molar-refractivity contribution in [1.82, 2.24) is 13.9 Å². The van der Waals surface area contributed by atoms with Gasteiger partial charge in [0.1, 0.15) is 21.9 Å². The highest BCUT2D eigenvalue weighted by Gasteiger charge is 2.29. The van der Waals surface area contributed by atoms with Gasteiger partial charge in [-0.15, -0.1) is 0 Å². The van der Waals surface area contributed by atoms with Gasteiger partial charge in [0.2, 0.25) is 5.43 Å². The lowest BCUT2D eigenvalue weighted by Gasteiger charge is -2.29. The summed E-state index contributed by atoms with van der Waals surface area (Å²) in [5.74, 6) is 0.206. The van der Waals surface area contributed by atoms with Crippen LogP contribution in [-0.2, 0) is 4.74 Å². The predicted molar refractivity (Wildman–Crippen MR) is 119 cm³/mol. The number of ether oxygens (including phenoxy) is 1. The van der Waals surface area contributed by atoms with Crippen molar-refractivity contribution in [2.45, 2.75) is 18.9 Å². The first-order chi connectivity index (χ1) is 15.1. The Kier molecular flexibility index (Phi) is 4.22. The SMILES string of the molecule is O=c1[nH]sc2c1c(=O)c1cc(F)c(-c3cccnc3N3CCOCC3)cc1n2C1CC1. The number of hydrogen-bond donors (Lipinski definition) is 1. The molecule has 6 rings (SSSR count). The summed E-state index contributed by atoms with van der Waals surface area (Å²) in [7, 11) is 0. The van der Waals surface area contributed by atoms with E-state index < -0.39 is 16.8 Å². The molecule has 4 heterocycles. The van der Waals surface area contributed by atoms with E-state index in [0.29, 0.717) is 53.6 Å². The minimum absolute atomic E-state index is 0.118. The molecule has 1 aliphatic carbocycles. The Morgan fingerprint density at radius 1 is 1.16 bits per heavy atom. The number of fused-ring (bicyclic) bond motifs is 2. The zero-order chi connectivity index (χ0) is 21.1. The number of benzene rings is 1. The van der Waals surface area contributed by atoms with Crippen molar-refractivity contribution in [3.63, 3.8) is 0 Å². The number of nitrogens with one attached hydrogen (secondary N) is 1. The van der Waals surface area contributed by atoms with Gasteiger partial charge in [-0.2, -0.15) is 0 Å². The summed E-state index contributed by atoms with van der Waals surface area (Å²) in [6, 6.07) is 6.88. The number of nitrogens with zero attached hydrogens (tertiary/aromatic N) is 3. The lowest BCUT2D eigenvalue weighted by Crippen LogP contribution is -2.37. The number of rotatable bonds is 3. The lowest BCUT2D eigenvalue weighted by molar-refractivity contribution is 0.122.